The molecule has 5 nitrogen and oxygen atoms in total. The Morgan fingerprint density at radius 1 is 1.26 bits per heavy atom. The number of ether oxygens (including phenoxy) is 1. The van der Waals surface area contributed by atoms with Crippen LogP contribution in [-0.2, 0) is 0 Å². The van der Waals surface area contributed by atoms with Gasteiger partial charge in [-0.05, 0) is 27.0 Å². The van der Waals surface area contributed by atoms with Crippen LogP contribution in [0.25, 0.3) is 10.9 Å². The van der Waals surface area contributed by atoms with Crippen LogP contribution < -0.4 is 15.1 Å². The van der Waals surface area contributed by atoms with Crippen molar-refractivity contribution in [2.24, 2.45) is 0 Å². The molecular weight excluding hydrogens is 297 g/mol. The number of nitrogens with one attached hydrogen (secondary N) is 1. The second-order valence-electron chi connectivity index (χ2n) is 6.26. The summed E-state index contributed by atoms with van der Waals surface area (Å²) in [5.74, 6) is 0.0201. The Bertz CT molecular complexity index is 764. The van der Waals surface area contributed by atoms with E-state index in [4.69, 9.17) is 4.74 Å². The number of nitrogens with zero attached hydrogens (tertiary/aromatic N) is 2. The number of piperazine rings is 1. The zero-order valence-electron chi connectivity index (χ0n) is 13.7. The van der Waals surface area contributed by atoms with Crippen LogP contribution in [0.1, 0.15) is 13.8 Å². The molecule has 1 aliphatic heterocycles. The number of rotatable bonds is 3. The van der Waals surface area contributed by atoms with Gasteiger partial charge < -0.3 is 19.5 Å². The maximum Gasteiger partial charge on any atom is 0.189 e. The van der Waals surface area contributed by atoms with Gasteiger partial charge >= 0.3 is 0 Å². The molecule has 6 heteroatoms. The first-order valence-electron chi connectivity index (χ1n) is 7.91. The monoisotopic (exact) mass is 319 g/mol. The normalized spacial score (nSPS) is 16.3. The van der Waals surface area contributed by atoms with Gasteiger partial charge in [0.2, 0.25) is 0 Å². The van der Waals surface area contributed by atoms with Crippen molar-refractivity contribution in [3.63, 3.8) is 0 Å². The minimum Gasteiger partial charge on any atom is -0.486 e. The Morgan fingerprint density at radius 2 is 1.96 bits per heavy atom. The van der Waals surface area contributed by atoms with Crippen molar-refractivity contribution >= 4 is 16.6 Å². The van der Waals surface area contributed by atoms with Crippen LogP contribution in [-0.4, -0.2) is 49.2 Å². The lowest BCUT2D eigenvalue weighted by Crippen LogP contribution is -2.45. The molecule has 1 aromatic heterocycles. The average Bonchev–Trinajstić information content (AvgIpc) is 2.49. The van der Waals surface area contributed by atoms with Crippen molar-refractivity contribution < 1.29 is 9.13 Å². The summed E-state index contributed by atoms with van der Waals surface area (Å²) >= 11 is 0. The fraction of sp³-hybridized carbons (Fsp3) is 0.471. The largest absolute Gasteiger partial charge is 0.486 e. The first-order chi connectivity index (χ1) is 11.0. The number of halogens is 1. The maximum absolute atomic E-state index is 14.8. The number of aromatic amines is 1. The molecular formula is C17H22FN3O2. The van der Waals surface area contributed by atoms with E-state index in [1.54, 1.807) is 6.20 Å². The number of H-pyrrole nitrogens is 1. The number of hydrogen-bond donors (Lipinski definition) is 1. The predicted octanol–water partition coefficient (Wildman–Crippen LogP) is 2.21. The van der Waals surface area contributed by atoms with E-state index in [-0.39, 0.29) is 11.5 Å². The molecule has 1 saturated heterocycles. The lowest BCUT2D eigenvalue weighted by molar-refractivity contribution is 0.243. The molecule has 124 valence electrons. The van der Waals surface area contributed by atoms with E-state index >= 15 is 0 Å². The molecule has 0 spiro atoms. The fourth-order valence-electron chi connectivity index (χ4n) is 2.92. The van der Waals surface area contributed by atoms with Gasteiger partial charge in [0.15, 0.2) is 17.0 Å². The van der Waals surface area contributed by atoms with Gasteiger partial charge in [-0.15, -0.1) is 0 Å². The molecule has 2 heterocycles. The van der Waals surface area contributed by atoms with Gasteiger partial charge in [-0.2, -0.15) is 0 Å². The zero-order valence-corrected chi connectivity index (χ0v) is 13.7. The second kappa shape index (κ2) is 6.20. The van der Waals surface area contributed by atoms with Gasteiger partial charge in [0, 0.05) is 38.4 Å². The Labute approximate surface area is 134 Å². The summed E-state index contributed by atoms with van der Waals surface area (Å²) in [7, 11) is 2.05. The third-order valence-corrected chi connectivity index (χ3v) is 4.11. The maximum atomic E-state index is 14.8. The summed E-state index contributed by atoms with van der Waals surface area (Å²) in [6.07, 6.45) is 1.46. The number of benzene rings is 1. The zero-order chi connectivity index (χ0) is 16.6. The molecule has 23 heavy (non-hydrogen) atoms. The number of aromatic nitrogens is 1. The standard InChI is InChI=1S/C17H22FN3O2/c1-11(2)23-17-15-12(14(22)4-5-19-15)10-13(18)16(17)21-8-6-20(3)7-9-21/h4-5,10-11H,6-9H2,1-3H3,(H,19,22). The van der Waals surface area contributed by atoms with E-state index in [1.807, 2.05) is 18.7 Å². The van der Waals surface area contributed by atoms with Crippen LogP contribution in [0.3, 0.4) is 0 Å². The molecule has 2 aromatic rings. The van der Waals surface area contributed by atoms with Crippen LogP contribution in [0.2, 0.25) is 0 Å². The Morgan fingerprint density at radius 3 is 2.61 bits per heavy atom. The highest BCUT2D eigenvalue weighted by Crippen LogP contribution is 2.38. The molecule has 1 aromatic carbocycles. The summed E-state index contributed by atoms with van der Waals surface area (Å²) in [5, 5.41) is 0.318. The molecule has 1 aliphatic rings. The van der Waals surface area contributed by atoms with Gasteiger partial charge in [0.05, 0.1) is 17.0 Å². The van der Waals surface area contributed by atoms with E-state index in [0.29, 0.717) is 22.3 Å². The van der Waals surface area contributed by atoms with Crippen LogP contribution in [0.5, 0.6) is 5.75 Å². The summed E-state index contributed by atoms with van der Waals surface area (Å²) in [6.45, 7) is 6.97. The third kappa shape index (κ3) is 3.03. The number of pyridine rings is 1. The molecule has 0 aliphatic carbocycles. The van der Waals surface area contributed by atoms with Crippen LogP contribution >= 0.6 is 0 Å². The highest BCUT2D eigenvalue weighted by molar-refractivity contribution is 5.90. The van der Waals surface area contributed by atoms with Crippen molar-refractivity contribution in [2.75, 3.05) is 38.1 Å². The van der Waals surface area contributed by atoms with E-state index in [1.165, 1.54) is 12.1 Å². The molecule has 3 rings (SSSR count). The number of likely N-dealkylation sites (N-methyl/N-ethyl adjacent to an activating group) is 1. The minimum atomic E-state index is -0.408. The van der Waals surface area contributed by atoms with Gasteiger partial charge in [0.25, 0.3) is 0 Å². The smallest absolute Gasteiger partial charge is 0.189 e. The molecule has 0 atom stereocenters. The number of fused-ring (bicyclic) bond motifs is 1. The molecule has 0 unspecified atom stereocenters. The number of hydrogen-bond acceptors (Lipinski definition) is 4. The SMILES string of the molecule is CC(C)Oc1c(N2CCN(C)CC2)c(F)cc2c(=O)cc[nH]c12. The van der Waals surface area contributed by atoms with Gasteiger partial charge in [-0.1, -0.05) is 0 Å². The van der Waals surface area contributed by atoms with Crippen molar-refractivity contribution in [3.05, 3.63) is 34.4 Å². The van der Waals surface area contributed by atoms with E-state index in [9.17, 15) is 9.18 Å². The number of anilines is 1. The van der Waals surface area contributed by atoms with E-state index < -0.39 is 5.82 Å². The highest BCUT2D eigenvalue weighted by atomic mass is 19.1. The fourth-order valence-corrected chi connectivity index (χ4v) is 2.92. The highest BCUT2D eigenvalue weighted by Gasteiger charge is 2.25. The Balaban J connectivity index is 2.19. The van der Waals surface area contributed by atoms with Crippen LogP contribution in [0, 0.1) is 5.82 Å². The van der Waals surface area contributed by atoms with Crippen molar-refractivity contribution in [1.82, 2.24) is 9.88 Å². The first kappa shape index (κ1) is 15.8. The lowest BCUT2D eigenvalue weighted by Gasteiger charge is -2.35. The molecule has 1 N–H and O–H groups in total. The quantitative estimate of drug-likeness (QED) is 0.942. The Hall–Kier alpha value is -2.08. The van der Waals surface area contributed by atoms with Crippen molar-refractivity contribution in [1.29, 1.82) is 0 Å². The second-order valence-corrected chi connectivity index (χ2v) is 6.26. The molecule has 1 fully saturated rings. The van der Waals surface area contributed by atoms with Gasteiger partial charge in [0.1, 0.15) is 5.69 Å². The lowest BCUT2D eigenvalue weighted by atomic mass is 10.1. The Kier molecular flexibility index (Phi) is 4.26. The van der Waals surface area contributed by atoms with Crippen molar-refractivity contribution in [3.8, 4) is 5.75 Å². The summed E-state index contributed by atoms with van der Waals surface area (Å²) in [5.41, 5.74) is 0.791. The summed E-state index contributed by atoms with van der Waals surface area (Å²) in [6, 6.07) is 2.71. The molecule has 0 radical (unpaired) electrons. The summed E-state index contributed by atoms with van der Waals surface area (Å²) in [4.78, 5) is 19.3. The molecule has 0 amide bonds. The topological polar surface area (TPSA) is 48.6 Å². The minimum absolute atomic E-state index is 0.116. The average molecular weight is 319 g/mol. The van der Waals surface area contributed by atoms with Crippen LogP contribution in [0.15, 0.2) is 23.1 Å². The van der Waals surface area contributed by atoms with Gasteiger partial charge in [-0.3, -0.25) is 4.79 Å². The van der Waals surface area contributed by atoms with Gasteiger partial charge in [-0.25, -0.2) is 4.39 Å². The van der Waals surface area contributed by atoms with E-state index in [0.717, 1.165) is 26.2 Å². The molecule has 0 saturated carbocycles. The van der Waals surface area contributed by atoms with Crippen molar-refractivity contribution in [2.45, 2.75) is 20.0 Å². The van der Waals surface area contributed by atoms with Crippen LogP contribution in [0.4, 0.5) is 10.1 Å². The first-order valence-corrected chi connectivity index (χ1v) is 7.91. The third-order valence-electron chi connectivity index (χ3n) is 4.11. The summed E-state index contributed by atoms with van der Waals surface area (Å²) < 4.78 is 20.7. The molecule has 0 bridgehead atoms. The van der Waals surface area contributed by atoms with E-state index in [2.05, 4.69) is 16.9 Å². The predicted molar refractivity (Wildman–Crippen MR) is 90.0 cm³/mol.